The average Bonchev–Trinajstić information content (AvgIpc) is 3.11. The molecule has 0 atom stereocenters. The van der Waals surface area contributed by atoms with Gasteiger partial charge in [-0.2, -0.15) is 0 Å². The summed E-state index contributed by atoms with van der Waals surface area (Å²) in [6.07, 6.45) is 2.85. The molecule has 4 rings (SSSR count). The number of imidazole rings is 1. The molecule has 1 amide bonds. The van der Waals surface area contributed by atoms with Gasteiger partial charge >= 0.3 is 6.09 Å². The normalized spacial score (nSPS) is 11.5. The van der Waals surface area contributed by atoms with E-state index in [1.165, 1.54) is 0 Å². The molecule has 1 aromatic carbocycles. The summed E-state index contributed by atoms with van der Waals surface area (Å²) in [5, 5.41) is 0. The van der Waals surface area contributed by atoms with Gasteiger partial charge in [0.05, 0.1) is 5.56 Å². The molecule has 0 saturated heterocycles. The lowest BCUT2D eigenvalue weighted by molar-refractivity contribution is 0.0497. The Morgan fingerprint density at radius 1 is 1.18 bits per heavy atom. The van der Waals surface area contributed by atoms with Crippen molar-refractivity contribution in [1.29, 1.82) is 0 Å². The average molecular weight is 510 g/mol. The van der Waals surface area contributed by atoms with E-state index < -0.39 is 11.7 Å². The number of benzene rings is 1. The first-order valence-corrected chi connectivity index (χ1v) is 11.1. The monoisotopic (exact) mass is 509 g/mol. The van der Waals surface area contributed by atoms with E-state index >= 15 is 0 Å². The molecule has 0 spiro atoms. The fourth-order valence-corrected chi connectivity index (χ4v) is 3.58. The third kappa shape index (κ3) is 5.29. The highest BCUT2D eigenvalue weighted by molar-refractivity contribution is 9.10. The first-order chi connectivity index (χ1) is 15.7. The van der Waals surface area contributed by atoms with E-state index in [-0.39, 0.29) is 0 Å². The van der Waals surface area contributed by atoms with Crippen molar-refractivity contribution in [1.82, 2.24) is 30.4 Å². The Bertz CT molecular complexity index is 1300. The van der Waals surface area contributed by atoms with Gasteiger partial charge in [0, 0.05) is 29.1 Å². The molecule has 0 bridgehead atoms. The van der Waals surface area contributed by atoms with E-state index in [9.17, 15) is 4.79 Å². The number of nitrogens with two attached hydrogens (primary N) is 1. The summed E-state index contributed by atoms with van der Waals surface area (Å²) in [4.78, 5) is 25.3. The quantitative estimate of drug-likeness (QED) is 0.342. The number of halogens is 1. The molecule has 3 heterocycles. The van der Waals surface area contributed by atoms with Crippen LogP contribution in [0.15, 0.2) is 59.3 Å². The number of carbonyl (C=O) groups excluding carboxylic acids is 1. The van der Waals surface area contributed by atoms with E-state index in [1.54, 1.807) is 12.4 Å². The third-order valence-corrected chi connectivity index (χ3v) is 5.05. The van der Waals surface area contributed by atoms with Crippen LogP contribution in [-0.4, -0.2) is 31.2 Å². The largest absolute Gasteiger partial charge is 0.443 e. The predicted octanol–water partition coefficient (Wildman–Crippen LogP) is 4.36. The van der Waals surface area contributed by atoms with Crippen LogP contribution in [0, 0.1) is 0 Å². The molecule has 170 valence electrons. The Labute approximate surface area is 199 Å². The number of nitrogen functional groups attached to an aromatic ring is 1. The maximum Gasteiger partial charge on any atom is 0.422 e. The zero-order chi connectivity index (χ0) is 23.6. The number of hydrogen-bond acceptors (Lipinski definition) is 7. The van der Waals surface area contributed by atoms with Crippen LogP contribution in [-0.2, 0) is 11.3 Å². The van der Waals surface area contributed by atoms with Crippen molar-refractivity contribution in [3.63, 3.8) is 0 Å². The number of amides is 1. The fourth-order valence-electron chi connectivity index (χ4n) is 3.26. The van der Waals surface area contributed by atoms with Gasteiger partial charge in [0.1, 0.15) is 16.9 Å². The minimum absolute atomic E-state index is 0.391. The van der Waals surface area contributed by atoms with Gasteiger partial charge in [-0.3, -0.25) is 9.99 Å². The molecule has 0 saturated carbocycles. The summed E-state index contributed by atoms with van der Waals surface area (Å²) in [6.45, 7) is 5.86. The number of fused-ring (bicyclic) bond motifs is 1. The van der Waals surface area contributed by atoms with Crippen molar-refractivity contribution in [2.45, 2.75) is 32.9 Å². The maximum atomic E-state index is 11.8. The van der Waals surface area contributed by atoms with Crippen LogP contribution in [0.2, 0.25) is 0 Å². The third-order valence-electron chi connectivity index (χ3n) is 4.62. The standard InChI is InChI=1S/C23H24BrN7O2/c1-23(2,3)33-22(32)30-28-12-14-6-8-16(9-7-14)31-20(17-5-4-10-26-19(17)25)29-18-11-15(24)13-27-21(18)31/h4-11,13,28H,12H2,1-3H3,(H2,25,26)(H,30,32). The van der Waals surface area contributed by atoms with Crippen molar-refractivity contribution in [2.24, 2.45) is 0 Å². The summed E-state index contributed by atoms with van der Waals surface area (Å²) in [5.41, 5.74) is 15.0. The molecule has 0 aliphatic carbocycles. The van der Waals surface area contributed by atoms with Crippen molar-refractivity contribution < 1.29 is 9.53 Å². The lowest BCUT2D eigenvalue weighted by Crippen LogP contribution is -2.40. The Kier molecular flexibility index (Phi) is 6.30. The lowest BCUT2D eigenvalue weighted by atomic mass is 10.2. The highest BCUT2D eigenvalue weighted by atomic mass is 79.9. The van der Waals surface area contributed by atoms with Gasteiger partial charge in [-0.15, -0.1) is 0 Å². The molecule has 0 radical (unpaired) electrons. The van der Waals surface area contributed by atoms with Gasteiger partial charge in [-0.05, 0) is 72.6 Å². The first-order valence-electron chi connectivity index (χ1n) is 10.3. The SMILES string of the molecule is CC(C)(C)OC(=O)NNCc1ccc(-n2c(-c3cccnc3N)nc3cc(Br)cnc32)cc1. The molecule has 3 aromatic heterocycles. The number of aromatic nitrogens is 4. The summed E-state index contributed by atoms with van der Waals surface area (Å²) < 4.78 is 8.00. The molecular weight excluding hydrogens is 486 g/mol. The number of ether oxygens (including phenoxy) is 1. The first kappa shape index (κ1) is 22.7. The number of anilines is 1. The molecule has 0 fully saturated rings. The van der Waals surface area contributed by atoms with Crippen LogP contribution >= 0.6 is 15.9 Å². The second-order valence-electron chi connectivity index (χ2n) is 8.35. The van der Waals surface area contributed by atoms with E-state index in [0.717, 1.165) is 26.8 Å². The van der Waals surface area contributed by atoms with Crippen molar-refractivity contribution in [3.05, 3.63) is 64.9 Å². The van der Waals surface area contributed by atoms with Crippen molar-refractivity contribution in [2.75, 3.05) is 5.73 Å². The minimum Gasteiger partial charge on any atom is -0.443 e. The molecular formula is C23H24BrN7O2. The lowest BCUT2D eigenvalue weighted by Gasteiger charge is -2.19. The van der Waals surface area contributed by atoms with Crippen LogP contribution in [0.5, 0.6) is 0 Å². The van der Waals surface area contributed by atoms with Gasteiger partial charge in [0.15, 0.2) is 11.5 Å². The minimum atomic E-state index is -0.556. The van der Waals surface area contributed by atoms with E-state index in [0.29, 0.717) is 23.8 Å². The van der Waals surface area contributed by atoms with Gasteiger partial charge in [-0.1, -0.05) is 12.1 Å². The van der Waals surface area contributed by atoms with Crippen LogP contribution in [0.4, 0.5) is 10.6 Å². The van der Waals surface area contributed by atoms with Crippen LogP contribution < -0.4 is 16.6 Å². The second kappa shape index (κ2) is 9.16. The number of rotatable bonds is 5. The summed E-state index contributed by atoms with van der Waals surface area (Å²) in [5.74, 6) is 1.04. The number of nitrogens with one attached hydrogen (secondary N) is 2. The molecule has 9 nitrogen and oxygen atoms in total. The van der Waals surface area contributed by atoms with Crippen molar-refractivity contribution >= 4 is 39.0 Å². The zero-order valence-electron chi connectivity index (χ0n) is 18.5. The number of carbonyl (C=O) groups is 1. The smallest absolute Gasteiger partial charge is 0.422 e. The topological polar surface area (TPSA) is 120 Å². The number of hydrazine groups is 1. The fraction of sp³-hybridized carbons (Fsp3) is 0.217. The van der Waals surface area contributed by atoms with Crippen LogP contribution in [0.1, 0.15) is 26.3 Å². The summed E-state index contributed by atoms with van der Waals surface area (Å²) in [7, 11) is 0. The van der Waals surface area contributed by atoms with Crippen LogP contribution in [0.25, 0.3) is 28.2 Å². The summed E-state index contributed by atoms with van der Waals surface area (Å²) >= 11 is 3.46. The highest BCUT2D eigenvalue weighted by Gasteiger charge is 2.18. The molecule has 10 heteroatoms. The number of hydrogen-bond donors (Lipinski definition) is 3. The molecule has 4 N–H and O–H groups in total. The molecule has 33 heavy (non-hydrogen) atoms. The Morgan fingerprint density at radius 3 is 2.64 bits per heavy atom. The van der Waals surface area contributed by atoms with Gasteiger partial charge < -0.3 is 10.5 Å². The Hall–Kier alpha value is -3.50. The molecule has 0 aliphatic heterocycles. The van der Waals surface area contributed by atoms with Crippen LogP contribution in [0.3, 0.4) is 0 Å². The summed E-state index contributed by atoms with van der Waals surface area (Å²) in [6, 6.07) is 13.5. The maximum absolute atomic E-state index is 11.8. The predicted molar refractivity (Wildman–Crippen MR) is 130 cm³/mol. The Morgan fingerprint density at radius 2 is 1.94 bits per heavy atom. The van der Waals surface area contributed by atoms with E-state index in [1.807, 2.05) is 67.8 Å². The van der Waals surface area contributed by atoms with Gasteiger partial charge in [-0.25, -0.2) is 25.2 Å². The van der Waals surface area contributed by atoms with Crippen molar-refractivity contribution in [3.8, 4) is 17.1 Å². The van der Waals surface area contributed by atoms with Gasteiger partial charge in [0.25, 0.3) is 0 Å². The Balaban J connectivity index is 1.61. The second-order valence-corrected chi connectivity index (χ2v) is 9.27. The van der Waals surface area contributed by atoms with E-state index in [4.69, 9.17) is 15.5 Å². The molecule has 4 aromatic rings. The highest BCUT2D eigenvalue weighted by Crippen LogP contribution is 2.31. The number of nitrogens with zero attached hydrogens (tertiary/aromatic N) is 4. The number of pyridine rings is 2. The van der Waals surface area contributed by atoms with Gasteiger partial charge in [0.2, 0.25) is 0 Å². The van der Waals surface area contributed by atoms with E-state index in [2.05, 4.69) is 36.7 Å². The molecule has 0 aliphatic rings. The zero-order valence-corrected chi connectivity index (χ0v) is 20.0. The molecule has 0 unspecified atom stereocenters.